The molecular weight excluding hydrogens is 324 g/mol. The molecule has 0 saturated carbocycles. The Morgan fingerprint density at radius 3 is 2.96 bits per heavy atom. The Morgan fingerprint density at radius 2 is 2.21 bits per heavy atom. The van der Waals surface area contributed by atoms with Crippen LogP contribution in [-0.2, 0) is 11.2 Å². The standard InChI is InChI=1S/C18H16N2O3S/c1-2-23-18(22)13-5-6-15-12(10-13)4-3-8-20(15)17(21)16-14(11-19)7-9-24-16/h5-7,9-10H,2-4,8H2,1H3. The molecule has 2 aromatic rings. The maximum atomic E-state index is 12.8. The van der Waals surface area contributed by atoms with Gasteiger partial charge in [-0.2, -0.15) is 5.26 Å². The summed E-state index contributed by atoms with van der Waals surface area (Å²) in [5.74, 6) is -0.514. The van der Waals surface area contributed by atoms with Gasteiger partial charge in [0, 0.05) is 12.2 Å². The maximum absolute atomic E-state index is 12.8. The third kappa shape index (κ3) is 2.91. The van der Waals surface area contributed by atoms with Gasteiger partial charge in [0.2, 0.25) is 0 Å². The van der Waals surface area contributed by atoms with Crippen molar-refractivity contribution in [2.75, 3.05) is 18.1 Å². The van der Waals surface area contributed by atoms with E-state index >= 15 is 0 Å². The number of benzene rings is 1. The van der Waals surface area contributed by atoms with Crippen LogP contribution >= 0.6 is 11.3 Å². The molecule has 0 fully saturated rings. The van der Waals surface area contributed by atoms with Gasteiger partial charge in [0.05, 0.1) is 17.7 Å². The van der Waals surface area contributed by atoms with E-state index in [-0.39, 0.29) is 11.9 Å². The van der Waals surface area contributed by atoms with E-state index in [4.69, 9.17) is 10.00 Å². The number of nitriles is 1. The number of thiophene rings is 1. The van der Waals surface area contributed by atoms with Gasteiger partial charge in [-0.15, -0.1) is 11.3 Å². The number of carbonyl (C=O) groups is 2. The zero-order chi connectivity index (χ0) is 17.1. The van der Waals surface area contributed by atoms with Crippen LogP contribution in [0.2, 0.25) is 0 Å². The van der Waals surface area contributed by atoms with Crippen LogP contribution in [0.4, 0.5) is 5.69 Å². The second-order valence-corrected chi connectivity index (χ2v) is 6.32. The molecule has 2 heterocycles. The van der Waals surface area contributed by atoms with E-state index in [1.54, 1.807) is 41.5 Å². The van der Waals surface area contributed by atoms with Crippen LogP contribution in [0, 0.1) is 11.3 Å². The van der Waals surface area contributed by atoms with Crippen molar-refractivity contribution in [2.45, 2.75) is 19.8 Å². The van der Waals surface area contributed by atoms with Crippen LogP contribution in [0.25, 0.3) is 0 Å². The molecule has 6 heteroatoms. The van der Waals surface area contributed by atoms with Gasteiger partial charge in [-0.3, -0.25) is 4.79 Å². The Hall–Kier alpha value is -2.65. The van der Waals surface area contributed by atoms with Gasteiger partial charge in [0.25, 0.3) is 5.91 Å². The van der Waals surface area contributed by atoms with Crippen LogP contribution in [-0.4, -0.2) is 25.0 Å². The van der Waals surface area contributed by atoms with Crippen molar-refractivity contribution in [1.29, 1.82) is 5.26 Å². The zero-order valence-corrected chi connectivity index (χ0v) is 14.1. The first-order valence-electron chi connectivity index (χ1n) is 7.75. The molecule has 0 radical (unpaired) electrons. The number of hydrogen-bond acceptors (Lipinski definition) is 5. The SMILES string of the molecule is CCOC(=O)c1ccc2c(c1)CCCN2C(=O)c1sccc1C#N. The summed E-state index contributed by atoms with van der Waals surface area (Å²) in [6.07, 6.45) is 1.63. The Balaban J connectivity index is 1.93. The van der Waals surface area contributed by atoms with Crippen LogP contribution in [0.5, 0.6) is 0 Å². The molecule has 24 heavy (non-hydrogen) atoms. The largest absolute Gasteiger partial charge is 0.462 e. The summed E-state index contributed by atoms with van der Waals surface area (Å²) < 4.78 is 5.03. The highest BCUT2D eigenvalue weighted by atomic mass is 32.1. The second kappa shape index (κ2) is 6.85. The Kier molecular flexibility index (Phi) is 4.63. The molecule has 0 unspecified atom stereocenters. The fraction of sp³-hybridized carbons (Fsp3) is 0.278. The molecule has 0 aliphatic carbocycles. The molecule has 0 saturated heterocycles. The average Bonchev–Trinajstić information content (AvgIpc) is 3.09. The first-order chi connectivity index (χ1) is 11.7. The van der Waals surface area contributed by atoms with E-state index < -0.39 is 0 Å². The quantitative estimate of drug-likeness (QED) is 0.803. The third-order valence-corrected chi connectivity index (χ3v) is 4.84. The van der Waals surface area contributed by atoms with Crippen molar-refractivity contribution in [3.63, 3.8) is 0 Å². The van der Waals surface area contributed by atoms with Crippen LogP contribution in [0.15, 0.2) is 29.6 Å². The van der Waals surface area contributed by atoms with Crippen LogP contribution in [0.1, 0.15) is 44.5 Å². The monoisotopic (exact) mass is 340 g/mol. The summed E-state index contributed by atoms with van der Waals surface area (Å²) in [7, 11) is 0. The van der Waals surface area contributed by atoms with Crippen molar-refractivity contribution in [3.05, 3.63) is 51.2 Å². The van der Waals surface area contributed by atoms with Gasteiger partial charge in [-0.05, 0) is 55.0 Å². The molecule has 0 bridgehead atoms. The predicted octanol–water partition coefficient (Wildman–Crippen LogP) is 3.39. The smallest absolute Gasteiger partial charge is 0.338 e. The minimum Gasteiger partial charge on any atom is -0.462 e. The van der Waals surface area contributed by atoms with Crippen molar-refractivity contribution in [3.8, 4) is 6.07 Å². The number of hydrogen-bond donors (Lipinski definition) is 0. The van der Waals surface area contributed by atoms with Crippen molar-refractivity contribution in [2.24, 2.45) is 0 Å². The Morgan fingerprint density at radius 1 is 1.38 bits per heavy atom. The minimum absolute atomic E-state index is 0.161. The summed E-state index contributed by atoms with van der Waals surface area (Å²) >= 11 is 1.28. The number of rotatable bonds is 3. The number of amides is 1. The number of esters is 1. The van der Waals surface area contributed by atoms with Gasteiger partial charge >= 0.3 is 5.97 Å². The van der Waals surface area contributed by atoms with Crippen molar-refractivity contribution < 1.29 is 14.3 Å². The van der Waals surface area contributed by atoms with Gasteiger partial charge in [-0.25, -0.2) is 4.79 Å². The first-order valence-corrected chi connectivity index (χ1v) is 8.63. The average molecular weight is 340 g/mol. The van der Waals surface area contributed by atoms with Gasteiger partial charge < -0.3 is 9.64 Å². The second-order valence-electron chi connectivity index (χ2n) is 5.40. The molecule has 1 aliphatic heterocycles. The molecule has 1 aliphatic rings. The highest BCUT2D eigenvalue weighted by Gasteiger charge is 2.26. The van der Waals surface area contributed by atoms with Gasteiger partial charge in [0.1, 0.15) is 10.9 Å². The fourth-order valence-corrected chi connectivity index (χ4v) is 3.63. The van der Waals surface area contributed by atoms with E-state index in [2.05, 4.69) is 6.07 Å². The molecule has 0 atom stereocenters. The third-order valence-electron chi connectivity index (χ3n) is 3.93. The number of fused-ring (bicyclic) bond motifs is 1. The lowest BCUT2D eigenvalue weighted by Crippen LogP contribution is -2.35. The number of aryl methyl sites for hydroxylation is 1. The maximum Gasteiger partial charge on any atom is 0.338 e. The van der Waals surface area contributed by atoms with E-state index in [9.17, 15) is 9.59 Å². The highest BCUT2D eigenvalue weighted by Crippen LogP contribution is 2.31. The lowest BCUT2D eigenvalue weighted by Gasteiger charge is -2.29. The first kappa shape index (κ1) is 16.2. The Bertz CT molecular complexity index is 835. The van der Waals surface area contributed by atoms with Gasteiger partial charge in [-0.1, -0.05) is 0 Å². The summed E-state index contributed by atoms with van der Waals surface area (Å²) in [4.78, 5) is 26.9. The molecule has 122 valence electrons. The summed E-state index contributed by atoms with van der Waals surface area (Å²) in [5, 5.41) is 10.9. The number of nitrogens with zero attached hydrogens (tertiary/aromatic N) is 2. The zero-order valence-electron chi connectivity index (χ0n) is 13.2. The molecule has 0 spiro atoms. The fourth-order valence-electron chi connectivity index (χ4n) is 2.83. The topological polar surface area (TPSA) is 70.4 Å². The molecule has 1 aromatic heterocycles. The molecule has 1 aromatic carbocycles. The number of anilines is 1. The summed E-state index contributed by atoms with van der Waals surface area (Å²) in [5.41, 5.74) is 2.66. The van der Waals surface area contributed by atoms with Crippen molar-refractivity contribution in [1.82, 2.24) is 0 Å². The van der Waals surface area contributed by atoms with E-state index in [0.29, 0.717) is 29.2 Å². The minimum atomic E-state index is -0.353. The lowest BCUT2D eigenvalue weighted by atomic mass is 9.99. The van der Waals surface area contributed by atoms with Crippen molar-refractivity contribution >= 4 is 28.9 Å². The van der Waals surface area contributed by atoms with Crippen LogP contribution < -0.4 is 4.90 Å². The molecule has 5 nitrogen and oxygen atoms in total. The molecular formula is C18H16N2O3S. The highest BCUT2D eigenvalue weighted by molar-refractivity contribution is 7.12. The van der Waals surface area contributed by atoms with Gasteiger partial charge in [0.15, 0.2) is 0 Å². The number of carbonyl (C=O) groups excluding carboxylic acids is 2. The predicted molar refractivity (Wildman–Crippen MR) is 91.4 cm³/mol. The molecule has 1 amide bonds. The van der Waals surface area contributed by atoms with Crippen LogP contribution in [0.3, 0.4) is 0 Å². The lowest BCUT2D eigenvalue weighted by molar-refractivity contribution is 0.0526. The normalized spacial score (nSPS) is 13.1. The molecule has 0 N–H and O–H groups in total. The molecule has 3 rings (SSSR count). The summed E-state index contributed by atoms with van der Waals surface area (Å²) in [6.45, 7) is 2.70. The van der Waals surface area contributed by atoms with E-state index in [1.807, 2.05) is 0 Å². The number of ether oxygens (including phenoxy) is 1. The van der Waals surface area contributed by atoms with E-state index in [0.717, 1.165) is 24.1 Å². The summed E-state index contributed by atoms with van der Waals surface area (Å²) in [6, 6.07) is 8.99. The Labute approximate surface area is 144 Å². The van der Waals surface area contributed by atoms with E-state index in [1.165, 1.54) is 11.3 Å².